The third-order valence-electron chi connectivity index (χ3n) is 11.3. The Hall–Kier alpha value is -5.31. The van der Waals surface area contributed by atoms with Crippen molar-refractivity contribution in [3.63, 3.8) is 0 Å². The van der Waals surface area contributed by atoms with Crippen LogP contribution in [0.1, 0.15) is 103 Å². The number of carbonyl (C=O) groups excluding carboxylic acids is 7. The summed E-state index contributed by atoms with van der Waals surface area (Å²) in [7, 11) is 3.28. The van der Waals surface area contributed by atoms with Gasteiger partial charge in [0.25, 0.3) is 0 Å². The second-order valence-corrected chi connectivity index (χ2v) is 17.3. The zero-order chi connectivity index (χ0) is 44.5. The first kappa shape index (κ1) is 48.4. The maximum Gasteiger partial charge on any atom is 0.245 e. The first-order valence-corrected chi connectivity index (χ1v) is 22.0. The van der Waals surface area contributed by atoms with E-state index in [2.05, 4.69) is 26.6 Å². The second-order valence-electron chi connectivity index (χ2n) is 17.3. The van der Waals surface area contributed by atoms with Crippen molar-refractivity contribution in [3.05, 3.63) is 71.8 Å². The van der Waals surface area contributed by atoms with Crippen LogP contribution in [0.4, 0.5) is 0 Å². The molecule has 0 radical (unpaired) electrons. The number of carbonyl (C=O) groups is 7. The monoisotopic (exact) mass is 845 g/mol. The number of rotatable bonds is 12. The van der Waals surface area contributed by atoms with Crippen LogP contribution in [0.5, 0.6) is 0 Å². The normalized spacial score (nSPS) is 23.4. The third kappa shape index (κ3) is 15.6. The van der Waals surface area contributed by atoms with E-state index in [-0.39, 0.29) is 37.5 Å². The van der Waals surface area contributed by atoms with Crippen molar-refractivity contribution in [3.8, 4) is 0 Å². The molecule has 2 aliphatic rings. The molecule has 4 rings (SSSR count). The molecule has 2 saturated heterocycles. The molecule has 0 saturated carbocycles. The van der Waals surface area contributed by atoms with Gasteiger partial charge in [0.1, 0.15) is 36.3 Å². The maximum absolute atomic E-state index is 14.2. The summed E-state index contributed by atoms with van der Waals surface area (Å²) in [6.07, 6.45) is 6.05. The highest BCUT2D eigenvalue weighted by atomic mass is 16.2. The van der Waals surface area contributed by atoms with Crippen LogP contribution >= 0.6 is 0 Å². The molecule has 2 heterocycles. The second kappa shape index (κ2) is 24.2. The third-order valence-corrected chi connectivity index (χ3v) is 11.3. The molecular weight excluding hydrogens is 777 g/mol. The van der Waals surface area contributed by atoms with Crippen LogP contribution in [0.3, 0.4) is 0 Å². The fourth-order valence-corrected chi connectivity index (χ4v) is 8.05. The summed E-state index contributed by atoms with van der Waals surface area (Å²) in [6.45, 7) is 5.69. The number of amides is 7. The lowest BCUT2D eigenvalue weighted by Crippen LogP contribution is -2.59. The Morgan fingerprint density at radius 3 is 2.00 bits per heavy atom. The van der Waals surface area contributed by atoms with Crippen molar-refractivity contribution in [2.45, 2.75) is 147 Å². The summed E-state index contributed by atoms with van der Waals surface area (Å²) in [5, 5.41) is 14.3. The Morgan fingerprint density at radius 2 is 1.38 bits per heavy atom. The molecule has 61 heavy (non-hydrogen) atoms. The summed E-state index contributed by atoms with van der Waals surface area (Å²) in [6, 6.07) is 12.7. The first-order chi connectivity index (χ1) is 29.1. The van der Waals surface area contributed by atoms with Crippen molar-refractivity contribution in [1.29, 1.82) is 0 Å². The molecule has 0 aliphatic carbocycles. The molecule has 2 aromatic carbocycles. The Bertz CT molecular complexity index is 1780. The fraction of sp³-hybridized carbons (Fsp3) is 0.587. The number of fused-ring (bicyclic) bond motifs is 1. The van der Waals surface area contributed by atoms with E-state index in [0.29, 0.717) is 51.5 Å². The molecule has 2 aromatic rings. The minimum absolute atomic E-state index is 0.0147. The van der Waals surface area contributed by atoms with E-state index in [1.54, 1.807) is 21.0 Å². The van der Waals surface area contributed by atoms with E-state index in [9.17, 15) is 33.6 Å². The van der Waals surface area contributed by atoms with Crippen molar-refractivity contribution >= 4 is 41.4 Å². The Kier molecular flexibility index (Phi) is 19.2. The molecule has 0 bridgehead atoms. The van der Waals surface area contributed by atoms with Crippen LogP contribution in [0.15, 0.2) is 60.7 Å². The number of hydrogen-bond donors (Lipinski definition) is 6. The number of nitrogens with one attached hydrogen (secondary N) is 5. The van der Waals surface area contributed by atoms with Crippen LogP contribution in [0.25, 0.3) is 0 Å². The summed E-state index contributed by atoms with van der Waals surface area (Å²) in [5.74, 6) is -3.16. The number of nitrogens with zero attached hydrogens (tertiary/aromatic N) is 2. The molecule has 7 atom stereocenters. The lowest BCUT2D eigenvalue weighted by molar-refractivity contribution is -0.142. The highest BCUT2D eigenvalue weighted by molar-refractivity contribution is 5.97. The molecule has 15 heteroatoms. The van der Waals surface area contributed by atoms with Gasteiger partial charge in [-0.05, 0) is 62.5 Å². The van der Waals surface area contributed by atoms with Crippen LogP contribution in [0, 0.1) is 5.92 Å². The largest absolute Gasteiger partial charge is 0.347 e. The molecule has 7 amide bonds. The summed E-state index contributed by atoms with van der Waals surface area (Å²) in [4.78, 5) is 99.1. The van der Waals surface area contributed by atoms with E-state index in [0.717, 1.165) is 24.0 Å². The average Bonchev–Trinajstić information content (AvgIpc) is 3.71. The van der Waals surface area contributed by atoms with Gasteiger partial charge in [0.05, 0.1) is 0 Å². The molecule has 7 N–H and O–H groups in total. The van der Waals surface area contributed by atoms with Gasteiger partial charge in [-0.1, -0.05) is 107 Å². The van der Waals surface area contributed by atoms with Gasteiger partial charge in [-0.2, -0.15) is 0 Å². The molecule has 0 unspecified atom stereocenters. The van der Waals surface area contributed by atoms with Crippen molar-refractivity contribution in [1.82, 2.24) is 36.4 Å². The van der Waals surface area contributed by atoms with Gasteiger partial charge in [-0.25, -0.2) is 0 Å². The van der Waals surface area contributed by atoms with E-state index >= 15 is 0 Å². The fourth-order valence-electron chi connectivity index (χ4n) is 8.05. The van der Waals surface area contributed by atoms with Gasteiger partial charge in [-0.15, -0.1) is 0 Å². The number of hydrogen-bond acceptors (Lipinski definition) is 8. The van der Waals surface area contributed by atoms with E-state index < -0.39 is 77.7 Å². The number of benzene rings is 2. The van der Waals surface area contributed by atoms with Gasteiger partial charge >= 0.3 is 0 Å². The van der Waals surface area contributed by atoms with Gasteiger partial charge in [0.15, 0.2) is 0 Å². The number of likely N-dealkylation sites (N-methyl/N-ethyl adjacent to an activating group) is 1. The zero-order valence-electron chi connectivity index (χ0n) is 36.6. The first-order valence-electron chi connectivity index (χ1n) is 22.0. The lowest BCUT2D eigenvalue weighted by Gasteiger charge is -2.30. The van der Waals surface area contributed by atoms with Crippen LogP contribution in [0.2, 0.25) is 0 Å². The van der Waals surface area contributed by atoms with Crippen LogP contribution < -0.4 is 32.3 Å². The topological polar surface area (TPSA) is 212 Å². The minimum Gasteiger partial charge on any atom is -0.347 e. The molecule has 2 aliphatic heterocycles. The predicted molar refractivity (Wildman–Crippen MR) is 233 cm³/mol. The highest BCUT2D eigenvalue weighted by Crippen LogP contribution is 2.20. The van der Waals surface area contributed by atoms with Gasteiger partial charge in [0, 0.05) is 39.5 Å². The van der Waals surface area contributed by atoms with Crippen molar-refractivity contribution in [2.75, 3.05) is 20.6 Å². The predicted octanol–water partition coefficient (Wildman–Crippen LogP) is 2.50. The lowest BCUT2D eigenvalue weighted by atomic mass is 9.99. The van der Waals surface area contributed by atoms with E-state index in [1.165, 1.54) is 9.80 Å². The molecule has 15 nitrogen and oxygen atoms in total. The zero-order valence-corrected chi connectivity index (χ0v) is 36.6. The standard InChI is InChI=1S/C46H68N8O7/c1-30(2)26-37-42(57)48-31(3)45(60)54-25-17-24-39(54)44(59)51-36(46(61)53(4)5)23-16-8-6-7-15-22-35(41(56)52-37)50-43(58)38(28-33-20-13-10-14-21-33)49-40(55)29-34(47)27-32-18-11-9-12-19-32/h9-14,18-21,30-31,34-39H,6-8,15-17,22-29,47H2,1-5H3,(H,48,57)(H,49,55)(H,50,58)(H,51,59)(H,52,56)/t31-,34-,35-,36-,37-,38-,39-/m0/s1. The maximum atomic E-state index is 14.2. The molecule has 2 fully saturated rings. The van der Waals surface area contributed by atoms with E-state index in [1.807, 2.05) is 74.5 Å². The molecule has 0 aromatic heterocycles. The van der Waals surface area contributed by atoms with Gasteiger partial charge < -0.3 is 42.1 Å². The highest BCUT2D eigenvalue weighted by Gasteiger charge is 2.39. The van der Waals surface area contributed by atoms with Gasteiger partial charge in [0.2, 0.25) is 41.4 Å². The summed E-state index contributed by atoms with van der Waals surface area (Å²) >= 11 is 0. The van der Waals surface area contributed by atoms with Crippen molar-refractivity contribution in [2.24, 2.45) is 11.7 Å². The van der Waals surface area contributed by atoms with E-state index in [4.69, 9.17) is 5.73 Å². The molecule has 0 spiro atoms. The Labute approximate surface area is 361 Å². The Morgan fingerprint density at radius 1 is 0.770 bits per heavy atom. The smallest absolute Gasteiger partial charge is 0.245 e. The number of nitrogens with two attached hydrogens (primary N) is 1. The summed E-state index contributed by atoms with van der Waals surface area (Å²) < 4.78 is 0. The van der Waals surface area contributed by atoms with Crippen LogP contribution in [-0.4, -0.2) is 114 Å². The van der Waals surface area contributed by atoms with Crippen molar-refractivity contribution < 1.29 is 33.6 Å². The van der Waals surface area contributed by atoms with Crippen LogP contribution in [-0.2, 0) is 46.4 Å². The molecule has 334 valence electrons. The average molecular weight is 845 g/mol. The van der Waals surface area contributed by atoms with Gasteiger partial charge in [-0.3, -0.25) is 33.6 Å². The Balaban J connectivity index is 1.56. The summed E-state index contributed by atoms with van der Waals surface area (Å²) in [5.41, 5.74) is 8.17. The molecular formula is C46H68N8O7. The minimum atomic E-state index is -1.04. The SMILES string of the molecule is CC(C)C[C@@H]1NC(=O)[C@@H](NC(=O)[C@H](Cc2ccccc2)NC(=O)C[C@@H](N)Cc2ccccc2)CCCCCCC[C@@H](C(=O)N(C)C)NC(=O)[C@@H]2CCCN2C(=O)[C@H](C)NC1=O. The quantitative estimate of drug-likeness (QED) is 0.187.